The summed E-state index contributed by atoms with van der Waals surface area (Å²) in [5, 5.41) is 2.86. The molecule has 0 fully saturated rings. The first-order valence-corrected chi connectivity index (χ1v) is 14.2. The zero-order chi connectivity index (χ0) is 27.9. The fourth-order valence-electron chi connectivity index (χ4n) is 4.14. The number of benzene rings is 3. The molecule has 3 aromatic rings. The van der Waals surface area contributed by atoms with Gasteiger partial charge in [-0.3, -0.25) is 13.9 Å². The van der Waals surface area contributed by atoms with E-state index in [2.05, 4.69) is 5.32 Å². The lowest BCUT2D eigenvalue weighted by molar-refractivity contribution is -0.140. The maximum Gasteiger partial charge on any atom is 0.244 e. The fraction of sp³-hybridized carbons (Fsp3) is 0.310. The molecule has 3 aromatic carbocycles. The van der Waals surface area contributed by atoms with Crippen molar-refractivity contribution in [1.82, 2.24) is 10.2 Å². The minimum Gasteiger partial charge on any atom is -0.352 e. The maximum atomic E-state index is 14.7. The Kier molecular flexibility index (Phi) is 9.63. The number of sulfonamides is 1. The average molecular weight is 540 g/mol. The monoisotopic (exact) mass is 539 g/mol. The lowest BCUT2D eigenvalue weighted by Gasteiger charge is -2.34. The SMILES string of the molecule is Cc1cccc(N(CC(=O)N(Cc2ccccc2F)[C@@H](Cc2ccccc2)C(=O)NC(C)C)S(C)(=O)=O)c1. The van der Waals surface area contributed by atoms with Crippen LogP contribution in [-0.2, 0) is 32.6 Å². The Morgan fingerprint density at radius 2 is 1.61 bits per heavy atom. The summed E-state index contributed by atoms with van der Waals surface area (Å²) in [6.07, 6.45) is 1.19. The summed E-state index contributed by atoms with van der Waals surface area (Å²) in [5.74, 6) is -1.55. The molecule has 38 heavy (non-hydrogen) atoms. The van der Waals surface area contributed by atoms with E-state index in [9.17, 15) is 22.4 Å². The van der Waals surface area contributed by atoms with Crippen molar-refractivity contribution in [1.29, 1.82) is 0 Å². The van der Waals surface area contributed by atoms with Crippen molar-refractivity contribution in [3.05, 3.63) is 101 Å². The van der Waals surface area contributed by atoms with Crippen molar-refractivity contribution < 1.29 is 22.4 Å². The smallest absolute Gasteiger partial charge is 0.244 e. The predicted molar refractivity (Wildman–Crippen MR) is 148 cm³/mol. The molecule has 0 aliphatic carbocycles. The van der Waals surface area contributed by atoms with Crippen LogP contribution < -0.4 is 9.62 Å². The topological polar surface area (TPSA) is 86.8 Å². The molecule has 3 rings (SSSR count). The van der Waals surface area contributed by atoms with Crippen LogP contribution in [0.1, 0.15) is 30.5 Å². The van der Waals surface area contributed by atoms with Crippen molar-refractivity contribution in [2.75, 3.05) is 17.1 Å². The molecule has 1 atom stereocenters. The molecule has 0 saturated heterocycles. The molecule has 1 N–H and O–H groups in total. The summed E-state index contributed by atoms with van der Waals surface area (Å²) in [6, 6.07) is 20.8. The number of aryl methyl sites for hydroxylation is 1. The molecule has 7 nitrogen and oxygen atoms in total. The largest absolute Gasteiger partial charge is 0.352 e. The Balaban J connectivity index is 2.07. The number of nitrogens with zero attached hydrogens (tertiary/aromatic N) is 2. The Morgan fingerprint density at radius 1 is 0.947 bits per heavy atom. The number of carbonyl (C=O) groups is 2. The van der Waals surface area contributed by atoms with E-state index >= 15 is 0 Å². The standard InChI is InChI=1S/C29H34FN3O4S/c1-21(2)31-29(35)27(18-23-12-6-5-7-13-23)32(19-24-14-8-9-16-26(24)30)28(34)20-33(38(4,36)37)25-15-10-11-22(3)17-25/h5-17,21,27H,18-20H2,1-4H3,(H,31,35)/t27-/m0/s1. The van der Waals surface area contributed by atoms with E-state index in [4.69, 9.17) is 0 Å². The molecular formula is C29H34FN3O4S. The third kappa shape index (κ3) is 7.89. The van der Waals surface area contributed by atoms with Crippen molar-refractivity contribution >= 4 is 27.5 Å². The van der Waals surface area contributed by atoms with Crippen molar-refractivity contribution in [2.24, 2.45) is 0 Å². The quantitative estimate of drug-likeness (QED) is 0.398. The van der Waals surface area contributed by atoms with E-state index < -0.39 is 40.2 Å². The van der Waals surface area contributed by atoms with Gasteiger partial charge >= 0.3 is 0 Å². The van der Waals surface area contributed by atoms with Gasteiger partial charge in [0.1, 0.15) is 18.4 Å². The normalized spacial score (nSPS) is 12.2. The minimum absolute atomic E-state index is 0.170. The minimum atomic E-state index is -3.86. The van der Waals surface area contributed by atoms with E-state index in [1.165, 1.54) is 11.0 Å². The van der Waals surface area contributed by atoms with E-state index in [-0.39, 0.29) is 24.6 Å². The van der Waals surface area contributed by atoms with E-state index in [0.29, 0.717) is 5.69 Å². The zero-order valence-corrected chi connectivity index (χ0v) is 22.9. The number of halogens is 1. The average Bonchev–Trinajstić information content (AvgIpc) is 2.85. The Morgan fingerprint density at radius 3 is 2.21 bits per heavy atom. The summed E-state index contributed by atoms with van der Waals surface area (Å²) in [6.45, 7) is 4.69. The molecule has 0 bridgehead atoms. The van der Waals surface area contributed by atoms with Crippen LogP contribution in [0.15, 0.2) is 78.9 Å². The summed E-state index contributed by atoms with van der Waals surface area (Å²) in [7, 11) is -3.86. The van der Waals surface area contributed by atoms with Crippen LogP contribution >= 0.6 is 0 Å². The molecule has 0 unspecified atom stereocenters. The molecule has 202 valence electrons. The van der Waals surface area contributed by atoms with Gasteiger partial charge in [0.25, 0.3) is 0 Å². The van der Waals surface area contributed by atoms with Crippen molar-refractivity contribution in [3.8, 4) is 0 Å². The first kappa shape index (κ1) is 28.8. The predicted octanol–water partition coefficient (Wildman–Crippen LogP) is 4.06. The third-order valence-electron chi connectivity index (χ3n) is 5.97. The van der Waals surface area contributed by atoms with Crippen LogP contribution in [0, 0.1) is 12.7 Å². The fourth-order valence-corrected chi connectivity index (χ4v) is 4.98. The Hall–Kier alpha value is -3.72. The number of amides is 2. The molecule has 0 spiro atoms. The molecule has 0 heterocycles. The number of anilines is 1. The van der Waals surface area contributed by atoms with Gasteiger partial charge in [0.2, 0.25) is 21.8 Å². The van der Waals surface area contributed by atoms with Gasteiger partial charge in [-0.15, -0.1) is 0 Å². The zero-order valence-electron chi connectivity index (χ0n) is 22.1. The van der Waals surface area contributed by atoms with Crippen LogP contribution in [0.5, 0.6) is 0 Å². The summed E-state index contributed by atoms with van der Waals surface area (Å²) < 4.78 is 41.3. The van der Waals surface area contributed by atoms with Gasteiger partial charge in [-0.2, -0.15) is 0 Å². The third-order valence-corrected chi connectivity index (χ3v) is 7.11. The lowest BCUT2D eigenvalue weighted by Crippen LogP contribution is -2.54. The highest BCUT2D eigenvalue weighted by Crippen LogP contribution is 2.22. The van der Waals surface area contributed by atoms with E-state index in [0.717, 1.165) is 21.7 Å². The van der Waals surface area contributed by atoms with Gasteiger partial charge < -0.3 is 10.2 Å². The number of nitrogens with one attached hydrogen (secondary N) is 1. The van der Waals surface area contributed by atoms with E-state index in [1.54, 1.807) is 36.4 Å². The number of hydrogen-bond donors (Lipinski definition) is 1. The highest BCUT2D eigenvalue weighted by atomic mass is 32.2. The Bertz CT molecular complexity index is 1360. The summed E-state index contributed by atoms with van der Waals surface area (Å²) >= 11 is 0. The van der Waals surface area contributed by atoms with Crippen LogP contribution in [0.4, 0.5) is 10.1 Å². The van der Waals surface area contributed by atoms with Crippen LogP contribution in [0.2, 0.25) is 0 Å². The van der Waals surface area contributed by atoms with E-state index in [1.807, 2.05) is 57.2 Å². The van der Waals surface area contributed by atoms with Gasteiger partial charge in [0.15, 0.2) is 0 Å². The molecule has 0 saturated carbocycles. The molecule has 2 amide bonds. The van der Waals surface area contributed by atoms with Gasteiger partial charge in [-0.05, 0) is 50.1 Å². The van der Waals surface area contributed by atoms with Crippen molar-refractivity contribution in [2.45, 2.75) is 45.8 Å². The molecule has 9 heteroatoms. The number of rotatable bonds is 11. The maximum absolute atomic E-state index is 14.7. The van der Waals surface area contributed by atoms with Crippen LogP contribution in [-0.4, -0.2) is 50.0 Å². The lowest BCUT2D eigenvalue weighted by atomic mass is 10.0. The van der Waals surface area contributed by atoms with Gasteiger partial charge in [0.05, 0.1) is 11.9 Å². The molecule has 0 aromatic heterocycles. The molecule has 0 radical (unpaired) electrons. The summed E-state index contributed by atoms with van der Waals surface area (Å²) in [4.78, 5) is 28.6. The second kappa shape index (κ2) is 12.7. The van der Waals surface area contributed by atoms with Gasteiger partial charge in [0, 0.05) is 24.6 Å². The molecular weight excluding hydrogens is 505 g/mol. The second-order valence-corrected chi connectivity index (χ2v) is 11.5. The van der Waals surface area contributed by atoms with Crippen LogP contribution in [0.3, 0.4) is 0 Å². The highest BCUT2D eigenvalue weighted by molar-refractivity contribution is 7.92. The number of carbonyl (C=O) groups excluding carboxylic acids is 2. The van der Waals surface area contributed by atoms with Gasteiger partial charge in [-0.25, -0.2) is 12.8 Å². The molecule has 0 aliphatic rings. The van der Waals surface area contributed by atoms with Crippen LogP contribution in [0.25, 0.3) is 0 Å². The second-order valence-electron chi connectivity index (χ2n) is 9.59. The Labute approximate surface area is 224 Å². The number of hydrogen-bond acceptors (Lipinski definition) is 4. The first-order valence-electron chi connectivity index (χ1n) is 12.4. The highest BCUT2D eigenvalue weighted by Gasteiger charge is 2.33. The van der Waals surface area contributed by atoms with Gasteiger partial charge in [-0.1, -0.05) is 60.7 Å². The summed E-state index contributed by atoms with van der Waals surface area (Å²) in [5.41, 5.74) is 2.18. The first-order chi connectivity index (χ1) is 18.0. The van der Waals surface area contributed by atoms with Crippen molar-refractivity contribution in [3.63, 3.8) is 0 Å². The molecule has 0 aliphatic heterocycles.